The van der Waals surface area contributed by atoms with E-state index in [2.05, 4.69) is 55.1 Å². The molecule has 1 atom stereocenters. The van der Waals surface area contributed by atoms with Gasteiger partial charge in [-0.05, 0) is 50.1 Å². The lowest BCUT2D eigenvalue weighted by atomic mass is 10.1. The summed E-state index contributed by atoms with van der Waals surface area (Å²) in [5, 5.41) is 3.26. The molecule has 0 aliphatic carbocycles. The molecule has 0 bridgehead atoms. The van der Waals surface area contributed by atoms with E-state index in [9.17, 15) is 0 Å². The smallest absolute Gasteiger partial charge is 0.232 e. The highest BCUT2D eigenvalue weighted by Gasteiger charge is 2.28. The van der Waals surface area contributed by atoms with E-state index < -0.39 is 0 Å². The number of rotatable bonds is 5. The molecular weight excluding hydrogens is 338 g/mol. The first-order valence-electron chi connectivity index (χ1n) is 9.28. The second-order valence-electron chi connectivity index (χ2n) is 7.05. The van der Waals surface area contributed by atoms with Gasteiger partial charge in [0.1, 0.15) is 5.82 Å². The molecule has 7 heteroatoms. The van der Waals surface area contributed by atoms with Crippen LogP contribution in [0, 0.1) is 6.92 Å². The third-order valence-electron chi connectivity index (χ3n) is 5.12. The highest BCUT2D eigenvalue weighted by atomic mass is 15.2. The number of nitrogens with one attached hydrogen (secondary N) is 1. The average molecular weight is 363 g/mol. The second kappa shape index (κ2) is 7.36. The Labute approximate surface area is 159 Å². The number of hydrogen-bond donors (Lipinski definition) is 2. The summed E-state index contributed by atoms with van der Waals surface area (Å²) < 4.78 is 2.19. The first-order valence-corrected chi connectivity index (χ1v) is 9.28. The maximum Gasteiger partial charge on any atom is 0.232 e. The molecule has 1 aromatic carbocycles. The van der Waals surface area contributed by atoms with Gasteiger partial charge >= 0.3 is 0 Å². The Hall–Kier alpha value is -2.93. The third-order valence-corrected chi connectivity index (χ3v) is 5.12. The fourth-order valence-electron chi connectivity index (χ4n) is 3.75. The number of aromatic nitrogens is 4. The maximum absolute atomic E-state index is 5.95. The quantitative estimate of drug-likeness (QED) is 0.724. The number of nitrogen functional groups attached to an aromatic ring is 1. The van der Waals surface area contributed by atoms with Crippen LogP contribution in [-0.4, -0.2) is 31.0 Å². The number of hydrogen-bond acceptors (Lipinski definition) is 6. The van der Waals surface area contributed by atoms with Crippen molar-refractivity contribution in [3.8, 4) is 0 Å². The summed E-state index contributed by atoms with van der Waals surface area (Å²) in [6.07, 6.45) is 4.41. The number of para-hydroxylation sites is 1. The summed E-state index contributed by atoms with van der Waals surface area (Å²) in [6, 6.07) is 12.7. The van der Waals surface area contributed by atoms with Crippen LogP contribution in [-0.2, 0) is 13.6 Å². The predicted octanol–water partition coefficient (Wildman–Crippen LogP) is 3.18. The van der Waals surface area contributed by atoms with Crippen molar-refractivity contribution in [3.63, 3.8) is 0 Å². The van der Waals surface area contributed by atoms with E-state index in [-0.39, 0.29) is 5.95 Å². The van der Waals surface area contributed by atoms with Crippen LogP contribution in [0.15, 0.2) is 42.6 Å². The van der Waals surface area contributed by atoms with Gasteiger partial charge in [0.05, 0.1) is 12.6 Å². The summed E-state index contributed by atoms with van der Waals surface area (Å²) in [4.78, 5) is 15.6. The molecule has 2 aromatic heterocycles. The summed E-state index contributed by atoms with van der Waals surface area (Å²) in [5.74, 6) is 1.42. The summed E-state index contributed by atoms with van der Waals surface area (Å²) >= 11 is 0. The van der Waals surface area contributed by atoms with Gasteiger partial charge in [-0.2, -0.15) is 15.0 Å². The number of nitrogens with zero attached hydrogens (tertiary/aromatic N) is 5. The van der Waals surface area contributed by atoms with Crippen molar-refractivity contribution in [2.45, 2.75) is 32.4 Å². The second-order valence-corrected chi connectivity index (χ2v) is 7.05. The number of benzene rings is 1. The van der Waals surface area contributed by atoms with Crippen molar-refractivity contribution in [1.82, 2.24) is 24.4 Å². The van der Waals surface area contributed by atoms with E-state index in [1.54, 1.807) is 0 Å². The van der Waals surface area contributed by atoms with Crippen molar-refractivity contribution in [2.24, 2.45) is 7.05 Å². The summed E-state index contributed by atoms with van der Waals surface area (Å²) in [7, 11) is 2.09. The van der Waals surface area contributed by atoms with Gasteiger partial charge in [0.25, 0.3) is 0 Å². The Bertz CT molecular complexity index is 934. The van der Waals surface area contributed by atoms with Crippen LogP contribution in [0.5, 0.6) is 0 Å². The maximum atomic E-state index is 5.95. The molecule has 7 nitrogen and oxygen atoms in total. The van der Waals surface area contributed by atoms with E-state index in [1.807, 2.05) is 31.2 Å². The van der Waals surface area contributed by atoms with Gasteiger partial charge < -0.3 is 15.6 Å². The fourth-order valence-corrected chi connectivity index (χ4v) is 3.75. The molecule has 0 unspecified atom stereocenters. The molecule has 0 radical (unpaired) electrons. The molecule has 1 saturated heterocycles. The van der Waals surface area contributed by atoms with Gasteiger partial charge in [-0.3, -0.25) is 4.90 Å². The molecule has 0 spiro atoms. The first-order chi connectivity index (χ1) is 13.1. The highest BCUT2D eigenvalue weighted by molar-refractivity contribution is 5.58. The summed E-state index contributed by atoms with van der Waals surface area (Å²) in [6.45, 7) is 3.73. The van der Waals surface area contributed by atoms with Crippen molar-refractivity contribution in [3.05, 3.63) is 59.7 Å². The van der Waals surface area contributed by atoms with Gasteiger partial charge in [0.15, 0.2) is 0 Å². The molecule has 0 amide bonds. The summed E-state index contributed by atoms with van der Waals surface area (Å²) in [5.41, 5.74) is 9.38. The van der Waals surface area contributed by atoms with Gasteiger partial charge in [0, 0.05) is 24.6 Å². The molecular formula is C20H25N7. The Kier molecular flexibility index (Phi) is 4.77. The fraction of sp³-hybridized carbons (Fsp3) is 0.350. The minimum Gasteiger partial charge on any atom is -0.368 e. The van der Waals surface area contributed by atoms with E-state index >= 15 is 0 Å². The highest BCUT2D eigenvalue weighted by Crippen LogP contribution is 2.32. The van der Waals surface area contributed by atoms with Crippen molar-refractivity contribution in [1.29, 1.82) is 0 Å². The number of anilines is 3. The van der Waals surface area contributed by atoms with E-state index in [0.717, 1.165) is 24.2 Å². The van der Waals surface area contributed by atoms with E-state index in [4.69, 9.17) is 5.73 Å². The normalized spacial score (nSPS) is 17.3. The molecule has 4 rings (SSSR count). The molecule has 140 valence electrons. The molecule has 3 heterocycles. The largest absolute Gasteiger partial charge is 0.368 e. The minimum atomic E-state index is 0.241. The molecule has 3 N–H and O–H groups in total. The van der Waals surface area contributed by atoms with E-state index in [0.29, 0.717) is 24.4 Å². The molecule has 0 saturated carbocycles. The topological polar surface area (TPSA) is 84.9 Å². The molecule has 1 aliphatic heterocycles. The van der Waals surface area contributed by atoms with Crippen LogP contribution in [0.2, 0.25) is 0 Å². The van der Waals surface area contributed by atoms with Crippen molar-refractivity contribution >= 4 is 17.6 Å². The Morgan fingerprint density at radius 1 is 1.15 bits per heavy atom. The zero-order valence-electron chi connectivity index (χ0n) is 15.8. The number of nitrogens with two attached hydrogens (primary N) is 1. The lowest BCUT2D eigenvalue weighted by molar-refractivity contribution is 0.235. The van der Waals surface area contributed by atoms with Crippen LogP contribution in [0.25, 0.3) is 0 Å². The zero-order chi connectivity index (χ0) is 18.8. The third kappa shape index (κ3) is 3.78. The predicted molar refractivity (Wildman–Crippen MR) is 106 cm³/mol. The van der Waals surface area contributed by atoms with Crippen LogP contribution >= 0.6 is 0 Å². The van der Waals surface area contributed by atoms with Crippen molar-refractivity contribution in [2.75, 3.05) is 17.6 Å². The first kappa shape index (κ1) is 17.5. The van der Waals surface area contributed by atoms with Crippen LogP contribution in [0.1, 0.15) is 36.0 Å². The average Bonchev–Trinajstić information content (AvgIpc) is 3.25. The van der Waals surface area contributed by atoms with Crippen molar-refractivity contribution < 1.29 is 0 Å². The zero-order valence-corrected chi connectivity index (χ0v) is 15.8. The van der Waals surface area contributed by atoms with Crippen LogP contribution in [0.4, 0.5) is 17.6 Å². The minimum absolute atomic E-state index is 0.241. The molecule has 27 heavy (non-hydrogen) atoms. The van der Waals surface area contributed by atoms with Gasteiger partial charge in [-0.15, -0.1) is 0 Å². The SMILES string of the molecule is Cc1ccccc1Nc1nc(N)nc(CN2CCC[C@@H]2c2cccn2C)n1. The Morgan fingerprint density at radius 2 is 2.00 bits per heavy atom. The van der Waals surface area contributed by atoms with E-state index in [1.165, 1.54) is 12.1 Å². The van der Waals surface area contributed by atoms with Gasteiger partial charge in [0.2, 0.25) is 11.9 Å². The van der Waals surface area contributed by atoms with Gasteiger partial charge in [-0.1, -0.05) is 18.2 Å². The standard InChI is InChI=1S/C20H25N7/c1-14-7-3-4-8-15(14)22-20-24-18(23-19(21)25-20)13-27-12-6-10-17(27)16-9-5-11-26(16)2/h3-5,7-9,11,17H,6,10,12-13H2,1-2H3,(H3,21,22,23,24,25)/t17-/m1/s1. The lowest BCUT2D eigenvalue weighted by Gasteiger charge is -2.24. The number of aryl methyl sites for hydroxylation is 2. The van der Waals surface area contributed by atoms with Crippen LogP contribution < -0.4 is 11.1 Å². The Morgan fingerprint density at radius 3 is 2.78 bits per heavy atom. The Balaban J connectivity index is 1.55. The number of likely N-dealkylation sites (tertiary alicyclic amines) is 1. The lowest BCUT2D eigenvalue weighted by Crippen LogP contribution is -2.25. The molecule has 3 aromatic rings. The molecule has 1 aliphatic rings. The van der Waals surface area contributed by atoms with Gasteiger partial charge in [-0.25, -0.2) is 0 Å². The monoisotopic (exact) mass is 363 g/mol. The van der Waals surface area contributed by atoms with Crippen LogP contribution in [0.3, 0.4) is 0 Å². The molecule has 1 fully saturated rings.